The molecule has 0 saturated carbocycles. The molecule has 2 heterocycles. The van der Waals surface area contributed by atoms with Gasteiger partial charge in [-0.15, -0.1) is 0 Å². The molecule has 0 spiro atoms. The van der Waals surface area contributed by atoms with E-state index >= 15 is 0 Å². The Morgan fingerprint density at radius 2 is 1.96 bits per heavy atom. The molecule has 0 amide bonds. The van der Waals surface area contributed by atoms with Crippen molar-refractivity contribution in [2.75, 3.05) is 6.54 Å². The summed E-state index contributed by atoms with van der Waals surface area (Å²) >= 11 is 5.27. The number of aromatic hydroxyl groups is 1. The highest BCUT2D eigenvalue weighted by Crippen LogP contribution is 2.24. The summed E-state index contributed by atoms with van der Waals surface area (Å²) in [5.41, 5.74) is 1.71. The van der Waals surface area contributed by atoms with E-state index in [2.05, 4.69) is 11.4 Å². The van der Waals surface area contributed by atoms with Crippen molar-refractivity contribution in [3.05, 3.63) is 56.1 Å². The van der Waals surface area contributed by atoms with Gasteiger partial charge in [-0.2, -0.15) is 0 Å². The van der Waals surface area contributed by atoms with Crippen LogP contribution in [0.5, 0.6) is 5.88 Å². The number of fused-ring (bicyclic) bond motifs is 1. The van der Waals surface area contributed by atoms with E-state index in [1.54, 1.807) is 6.92 Å². The molecule has 3 rings (SSSR count). The van der Waals surface area contributed by atoms with Crippen LogP contribution in [-0.4, -0.2) is 26.6 Å². The summed E-state index contributed by atoms with van der Waals surface area (Å²) in [6, 6.07) is 8.04. The van der Waals surface area contributed by atoms with Crippen LogP contribution in [0, 0.1) is 4.77 Å². The first-order valence-electron chi connectivity index (χ1n) is 9.00. The first-order valence-corrected chi connectivity index (χ1v) is 9.41. The van der Waals surface area contributed by atoms with Crippen molar-refractivity contribution < 1.29 is 15.2 Å². The maximum atomic E-state index is 13.0. The summed E-state index contributed by atoms with van der Waals surface area (Å²) in [6.07, 6.45) is 1.14. The lowest BCUT2D eigenvalue weighted by molar-refractivity contribution is -0.697. The van der Waals surface area contributed by atoms with Crippen molar-refractivity contribution in [3.8, 4) is 5.88 Å². The Balaban J connectivity index is 2.02. The number of quaternary nitrogens is 1. The van der Waals surface area contributed by atoms with Crippen molar-refractivity contribution in [1.82, 2.24) is 9.13 Å². The van der Waals surface area contributed by atoms with Gasteiger partial charge < -0.3 is 10.4 Å². The zero-order chi connectivity index (χ0) is 18.8. The van der Waals surface area contributed by atoms with Gasteiger partial charge in [0, 0.05) is 25.1 Å². The summed E-state index contributed by atoms with van der Waals surface area (Å²) in [7, 11) is 0. The molecule has 2 aromatic rings. The van der Waals surface area contributed by atoms with Crippen LogP contribution in [0.25, 0.3) is 0 Å². The van der Waals surface area contributed by atoms with Crippen LogP contribution in [0.15, 0.2) is 29.1 Å². The lowest BCUT2D eigenvalue weighted by atomic mass is 9.90. The van der Waals surface area contributed by atoms with Crippen molar-refractivity contribution in [3.63, 3.8) is 0 Å². The number of carbonyl (C=O) groups excluding carboxylic acids is 1. The van der Waals surface area contributed by atoms with Crippen molar-refractivity contribution in [2.24, 2.45) is 0 Å². The van der Waals surface area contributed by atoms with E-state index in [0.717, 1.165) is 18.5 Å². The van der Waals surface area contributed by atoms with Gasteiger partial charge in [0.15, 0.2) is 10.6 Å². The molecule has 26 heavy (non-hydrogen) atoms. The van der Waals surface area contributed by atoms with Gasteiger partial charge in [0.05, 0.1) is 13.0 Å². The molecule has 1 aliphatic rings. The van der Waals surface area contributed by atoms with Gasteiger partial charge in [0.1, 0.15) is 11.6 Å². The topological polar surface area (TPSA) is 80.8 Å². The second-order valence-electron chi connectivity index (χ2n) is 6.48. The zero-order valence-electron chi connectivity index (χ0n) is 15.1. The number of ketones is 1. The summed E-state index contributed by atoms with van der Waals surface area (Å²) in [6.45, 7) is 5.27. The molecular weight excluding hydrogens is 350 g/mol. The van der Waals surface area contributed by atoms with Crippen LogP contribution in [0.1, 0.15) is 47.8 Å². The summed E-state index contributed by atoms with van der Waals surface area (Å²) in [5.74, 6) is -0.661. The quantitative estimate of drug-likeness (QED) is 0.615. The minimum absolute atomic E-state index is 0.0421. The van der Waals surface area contributed by atoms with Crippen LogP contribution < -0.4 is 10.9 Å². The number of hydrogen-bond donors (Lipinski definition) is 2. The zero-order valence-corrected chi connectivity index (χ0v) is 15.9. The Hall–Kier alpha value is -2.25. The largest absolute Gasteiger partial charge is 0.494 e. The predicted octanol–water partition coefficient (Wildman–Crippen LogP) is 1.56. The Kier molecular flexibility index (Phi) is 5.38. The molecule has 1 aromatic carbocycles. The molecule has 3 N–H and O–H groups in total. The standard InChI is InChI=1S/C19H23N3O3S/c1-3-21-17(24)16(18(25)22(4-2)19(21)26)15(23)11-14-13-8-6-5-7-12(13)9-10-20-14/h5-8,14,20,24H,3-4,9-11H2,1-2H3/p+1/t14-/m0/s1. The lowest BCUT2D eigenvalue weighted by Gasteiger charge is -2.23. The number of rotatable bonds is 5. The van der Waals surface area contributed by atoms with Crippen LogP contribution in [0.3, 0.4) is 0 Å². The third-order valence-electron chi connectivity index (χ3n) is 5.04. The van der Waals surface area contributed by atoms with Crippen LogP contribution >= 0.6 is 12.2 Å². The Morgan fingerprint density at radius 1 is 1.27 bits per heavy atom. The fourth-order valence-electron chi connectivity index (χ4n) is 3.68. The fourth-order valence-corrected chi connectivity index (χ4v) is 4.11. The first-order chi connectivity index (χ1) is 12.5. The second-order valence-corrected chi connectivity index (χ2v) is 6.85. The van der Waals surface area contributed by atoms with Gasteiger partial charge in [0.25, 0.3) is 5.56 Å². The van der Waals surface area contributed by atoms with Crippen LogP contribution in [0.4, 0.5) is 0 Å². The molecule has 0 aliphatic carbocycles. The number of hydrogen-bond acceptors (Lipinski definition) is 4. The monoisotopic (exact) mass is 374 g/mol. The average molecular weight is 374 g/mol. The number of carbonyl (C=O) groups is 1. The van der Waals surface area contributed by atoms with Gasteiger partial charge in [-0.25, -0.2) is 0 Å². The van der Waals surface area contributed by atoms with E-state index in [9.17, 15) is 14.7 Å². The molecule has 0 unspecified atom stereocenters. The molecule has 1 atom stereocenters. The maximum Gasteiger partial charge on any atom is 0.269 e. The van der Waals surface area contributed by atoms with Gasteiger partial charge >= 0.3 is 0 Å². The number of nitrogens with zero attached hydrogens (tertiary/aromatic N) is 2. The predicted molar refractivity (Wildman–Crippen MR) is 101 cm³/mol. The van der Waals surface area contributed by atoms with Gasteiger partial charge in [-0.3, -0.25) is 18.7 Å². The Bertz CT molecular complexity index is 961. The number of Topliss-reactive ketones (excluding diaryl/α,β-unsaturated/α-hetero) is 1. The lowest BCUT2D eigenvalue weighted by Crippen LogP contribution is -2.87. The molecule has 0 radical (unpaired) electrons. The van der Waals surface area contributed by atoms with Crippen molar-refractivity contribution in [1.29, 1.82) is 0 Å². The minimum Gasteiger partial charge on any atom is -0.494 e. The summed E-state index contributed by atoms with van der Waals surface area (Å²) in [4.78, 5) is 25.7. The minimum atomic E-state index is -0.506. The number of nitrogens with two attached hydrogens (primary N) is 1. The number of aromatic nitrogens is 2. The third kappa shape index (κ3) is 3.12. The van der Waals surface area contributed by atoms with Crippen LogP contribution in [-0.2, 0) is 19.5 Å². The van der Waals surface area contributed by atoms with Crippen LogP contribution in [0.2, 0.25) is 0 Å². The first kappa shape index (κ1) is 18.5. The van der Waals surface area contributed by atoms with Crippen molar-refractivity contribution in [2.45, 2.75) is 45.8 Å². The number of benzene rings is 1. The Morgan fingerprint density at radius 3 is 2.65 bits per heavy atom. The van der Waals surface area contributed by atoms with Gasteiger partial charge in [0.2, 0.25) is 5.88 Å². The molecule has 0 saturated heterocycles. The highest BCUT2D eigenvalue weighted by atomic mass is 32.1. The van der Waals surface area contributed by atoms with Gasteiger partial charge in [-0.05, 0) is 31.6 Å². The highest BCUT2D eigenvalue weighted by Gasteiger charge is 2.29. The smallest absolute Gasteiger partial charge is 0.269 e. The van der Waals surface area contributed by atoms with Gasteiger partial charge in [-0.1, -0.05) is 24.3 Å². The molecule has 0 fully saturated rings. The Labute approximate surface area is 157 Å². The molecule has 1 aromatic heterocycles. The van der Waals surface area contributed by atoms with Crippen molar-refractivity contribution >= 4 is 18.0 Å². The van der Waals surface area contributed by atoms with E-state index in [-0.39, 0.29) is 34.5 Å². The molecule has 6 nitrogen and oxygen atoms in total. The molecular formula is C19H24N3O3S+. The summed E-state index contributed by atoms with van der Waals surface area (Å²) < 4.78 is 3.04. The van der Waals surface area contributed by atoms with E-state index < -0.39 is 5.56 Å². The maximum absolute atomic E-state index is 13.0. The molecule has 1 aliphatic heterocycles. The third-order valence-corrected chi connectivity index (χ3v) is 5.48. The normalized spacial score (nSPS) is 16.3. The molecule has 7 heteroatoms. The van der Waals surface area contributed by atoms with E-state index in [1.165, 1.54) is 14.7 Å². The van der Waals surface area contributed by atoms with E-state index in [0.29, 0.717) is 13.1 Å². The highest BCUT2D eigenvalue weighted by molar-refractivity contribution is 7.71. The second kappa shape index (κ2) is 7.55. The average Bonchev–Trinajstić information content (AvgIpc) is 2.63. The fraction of sp³-hybridized carbons (Fsp3) is 0.421. The van der Waals surface area contributed by atoms with E-state index in [1.807, 2.05) is 25.1 Å². The van der Waals surface area contributed by atoms with E-state index in [4.69, 9.17) is 12.2 Å². The molecule has 138 valence electrons. The summed E-state index contributed by atoms with van der Waals surface area (Å²) in [5, 5.41) is 12.6. The molecule has 0 bridgehead atoms. The SMILES string of the molecule is CCn1c(O)c(C(=O)C[C@@H]2[NH2+]CCc3ccccc32)c(=O)n(CC)c1=S.